The third kappa shape index (κ3) is 3.02. The lowest BCUT2D eigenvalue weighted by atomic mass is 9.84. The zero-order chi connectivity index (χ0) is 18.2. The molecule has 27 heavy (non-hydrogen) atoms. The van der Waals surface area contributed by atoms with Crippen molar-refractivity contribution in [1.82, 2.24) is 0 Å². The minimum absolute atomic E-state index is 0.932. The average Bonchev–Trinajstić information content (AvgIpc) is 2.71. The summed E-state index contributed by atoms with van der Waals surface area (Å²) in [5.74, 6) is 0. The first-order valence-electron chi connectivity index (χ1n) is 9.32. The fourth-order valence-electron chi connectivity index (χ4n) is 4.18. The summed E-state index contributed by atoms with van der Waals surface area (Å²) in [6.07, 6.45) is 1.87. The molecule has 0 saturated heterocycles. The minimum Gasteiger partial charge on any atom is -0.0619 e. The summed E-state index contributed by atoms with van der Waals surface area (Å²) in [4.78, 5) is 0. The lowest BCUT2D eigenvalue weighted by Gasteiger charge is -2.20. The van der Waals surface area contributed by atoms with Crippen molar-refractivity contribution in [2.45, 2.75) is 12.8 Å². The Balaban J connectivity index is 1.84. The fraction of sp³-hybridized carbons (Fsp3) is 0.0769. The topological polar surface area (TPSA) is 0 Å². The van der Waals surface area contributed by atoms with Crippen LogP contribution >= 0.6 is 15.9 Å². The van der Waals surface area contributed by atoms with Crippen LogP contribution in [-0.2, 0) is 12.8 Å². The van der Waals surface area contributed by atoms with Crippen LogP contribution in [0.4, 0.5) is 0 Å². The summed E-state index contributed by atoms with van der Waals surface area (Å²) in [5, 5.41) is 0. The zero-order valence-electron chi connectivity index (χ0n) is 15.0. The normalized spacial score (nSPS) is 12.3. The summed E-state index contributed by atoms with van der Waals surface area (Å²) in [6, 6.07) is 33.2. The van der Waals surface area contributed by atoms with Crippen LogP contribution in [0.15, 0.2) is 95.5 Å². The molecule has 0 amide bonds. The van der Waals surface area contributed by atoms with Gasteiger partial charge >= 0.3 is 0 Å². The van der Waals surface area contributed by atoms with E-state index in [1.807, 2.05) is 0 Å². The van der Waals surface area contributed by atoms with Gasteiger partial charge in [-0.1, -0.05) is 94.8 Å². The van der Waals surface area contributed by atoms with Crippen molar-refractivity contribution in [3.05, 3.63) is 118 Å². The molecule has 0 radical (unpaired) electrons. The predicted molar refractivity (Wildman–Crippen MR) is 117 cm³/mol. The Labute approximate surface area is 168 Å². The van der Waals surface area contributed by atoms with Gasteiger partial charge in [0.05, 0.1) is 0 Å². The highest BCUT2D eigenvalue weighted by Crippen LogP contribution is 2.37. The lowest BCUT2D eigenvalue weighted by molar-refractivity contribution is 1.15. The van der Waals surface area contributed by atoms with Crippen LogP contribution < -0.4 is 0 Å². The maximum atomic E-state index is 3.68. The summed E-state index contributed by atoms with van der Waals surface area (Å²) in [5.41, 5.74) is 10.9. The van der Waals surface area contributed by atoms with Crippen LogP contribution in [0.2, 0.25) is 0 Å². The fourth-order valence-corrected chi connectivity index (χ4v) is 4.54. The van der Waals surface area contributed by atoms with Crippen LogP contribution in [0.1, 0.15) is 22.3 Å². The SMILES string of the molecule is Brc1ccc2c(c1)-c1ccccc1Cc1ccccc1-c1ccccc1C2. The van der Waals surface area contributed by atoms with Crippen molar-refractivity contribution in [1.29, 1.82) is 0 Å². The van der Waals surface area contributed by atoms with Crippen molar-refractivity contribution >= 4 is 15.9 Å². The molecule has 130 valence electrons. The molecule has 0 heterocycles. The third-order valence-corrected chi connectivity index (χ3v) is 5.96. The molecule has 0 saturated carbocycles. The molecule has 0 bridgehead atoms. The van der Waals surface area contributed by atoms with Crippen molar-refractivity contribution in [3.8, 4) is 22.3 Å². The Kier molecular flexibility index (Phi) is 4.18. The van der Waals surface area contributed by atoms with E-state index in [1.165, 1.54) is 44.5 Å². The standard InChI is InChI=1S/C26H19Br/c27-22-14-13-21-16-19-8-2-5-11-24(19)23-10-4-1-7-18(23)15-20-9-3-6-12-25(20)26(21)17-22/h1-14,17H,15-16H2. The highest BCUT2D eigenvalue weighted by atomic mass is 79.9. The predicted octanol–water partition coefficient (Wildman–Crippen LogP) is 7.28. The molecule has 5 rings (SSSR count). The Hall–Kier alpha value is -2.64. The first-order valence-corrected chi connectivity index (χ1v) is 10.1. The maximum absolute atomic E-state index is 3.68. The van der Waals surface area contributed by atoms with E-state index in [0.717, 1.165) is 17.3 Å². The molecule has 1 heteroatoms. The molecule has 4 aromatic carbocycles. The molecule has 0 aliphatic heterocycles. The quantitative estimate of drug-likeness (QED) is 0.251. The molecule has 1 aliphatic carbocycles. The van der Waals surface area contributed by atoms with Gasteiger partial charge in [0, 0.05) is 4.47 Å². The van der Waals surface area contributed by atoms with Crippen molar-refractivity contribution in [2.24, 2.45) is 0 Å². The van der Waals surface area contributed by atoms with Crippen molar-refractivity contribution in [3.63, 3.8) is 0 Å². The van der Waals surface area contributed by atoms with Gasteiger partial charge < -0.3 is 0 Å². The van der Waals surface area contributed by atoms with Crippen LogP contribution in [0.5, 0.6) is 0 Å². The molecule has 4 aromatic rings. The summed E-state index contributed by atoms with van der Waals surface area (Å²) < 4.78 is 1.13. The molecule has 0 nitrogen and oxygen atoms in total. The second-order valence-electron chi connectivity index (χ2n) is 7.13. The number of hydrogen-bond donors (Lipinski definition) is 0. The number of fused-ring (bicyclic) bond motifs is 6. The van der Waals surface area contributed by atoms with Gasteiger partial charge in [-0.25, -0.2) is 0 Å². The summed E-state index contributed by atoms with van der Waals surface area (Å²) in [6.45, 7) is 0. The second-order valence-corrected chi connectivity index (χ2v) is 8.04. The van der Waals surface area contributed by atoms with E-state index >= 15 is 0 Å². The molecule has 0 fully saturated rings. The zero-order valence-corrected chi connectivity index (χ0v) is 16.5. The van der Waals surface area contributed by atoms with Crippen LogP contribution in [0.25, 0.3) is 22.3 Å². The van der Waals surface area contributed by atoms with E-state index in [4.69, 9.17) is 0 Å². The molecule has 1 aliphatic rings. The number of hydrogen-bond acceptors (Lipinski definition) is 0. The third-order valence-electron chi connectivity index (χ3n) is 5.47. The van der Waals surface area contributed by atoms with Crippen molar-refractivity contribution < 1.29 is 0 Å². The summed E-state index contributed by atoms with van der Waals surface area (Å²) >= 11 is 3.68. The molecule has 0 aromatic heterocycles. The van der Waals surface area contributed by atoms with E-state index in [0.29, 0.717) is 0 Å². The molecular formula is C26H19Br. The van der Waals surface area contributed by atoms with Gasteiger partial charge in [0.25, 0.3) is 0 Å². The molecule has 0 spiro atoms. The van der Waals surface area contributed by atoms with Crippen LogP contribution in [-0.4, -0.2) is 0 Å². The van der Waals surface area contributed by atoms with Gasteiger partial charge in [-0.3, -0.25) is 0 Å². The first-order chi connectivity index (χ1) is 13.3. The molecular weight excluding hydrogens is 392 g/mol. The van der Waals surface area contributed by atoms with E-state index in [9.17, 15) is 0 Å². The Bertz CT molecular complexity index is 1140. The van der Waals surface area contributed by atoms with Crippen LogP contribution in [0.3, 0.4) is 0 Å². The lowest BCUT2D eigenvalue weighted by Crippen LogP contribution is -2.02. The van der Waals surface area contributed by atoms with E-state index in [-0.39, 0.29) is 0 Å². The number of halogens is 1. The second kappa shape index (κ2) is 6.83. The Morgan fingerprint density at radius 2 is 0.852 bits per heavy atom. The Morgan fingerprint density at radius 1 is 0.444 bits per heavy atom. The molecule has 0 unspecified atom stereocenters. The average molecular weight is 411 g/mol. The van der Waals surface area contributed by atoms with Gasteiger partial charge in [-0.2, -0.15) is 0 Å². The van der Waals surface area contributed by atoms with Gasteiger partial charge in [-0.15, -0.1) is 0 Å². The smallest absolute Gasteiger partial charge is 0.0181 e. The van der Waals surface area contributed by atoms with Crippen LogP contribution in [0, 0.1) is 0 Å². The summed E-state index contributed by atoms with van der Waals surface area (Å²) in [7, 11) is 0. The first kappa shape index (κ1) is 16.5. The number of benzene rings is 4. The van der Waals surface area contributed by atoms with E-state index in [2.05, 4.69) is 107 Å². The highest BCUT2D eigenvalue weighted by molar-refractivity contribution is 9.10. The van der Waals surface area contributed by atoms with Crippen molar-refractivity contribution in [2.75, 3.05) is 0 Å². The minimum atomic E-state index is 0.932. The molecule has 0 atom stereocenters. The monoisotopic (exact) mass is 410 g/mol. The van der Waals surface area contributed by atoms with Gasteiger partial charge in [0.15, 0.2) is 0 Å². The molecule has 0 N–H and O–H groups in total. The highest BCUT2D eigenvalue weighted by Gasteiger charge is 2.17. The van der Waals surface area contributed by atoms with E-state index in [1.54, 1.807) is 0 Å². The van der Waals surface area contributed by atoms with E-state index < -0.39 is 0 Å². The Morgan fingerprint density at radius 3 is 1.37 bits per heavy atom. The van der Waals surface area contributed by atoms with Gasteiger partial charge in [0.2, 0.25) is 0 Å². The van der Waals surface area contributed by atoms with Gasteiger partial charge in [0.1, 0.15) is 0 Å². The number of rotatable bonds is 0. The maximum Gasteiger partial charge on any atom is 0.0181 e. The van der Waals surface area contributed by atoms with Gasteiger partial charge in [-0.05, 0) is 69.5 Å². The largest absolute Gasteiger partial charge is 0.0619 e.